The van der Waals surface area contributed by atoms with E-state index in [0.29, 0.717) is 24.6 Å². The van der Waals surface area contributed by atoms with E-state index in [1.54, 1.807) is 0 Å². The molecular formula is C11H11ClF3NO2. The molecule has 0 unspecified atom stereocenters. The zero-order valence-corrected chi connectivity index (χ0v) is 10.1. The van der Waals surface area contributed by atoms with Crippen LogP contribution >= 0.6 is 11.6 Å². The van der Waals surface area contributed by atoms with Crippen LogP contribution in [0.4, 0.5) is 13.2 Å². The van der Waals surface area contributed by atoms with Gasteiger partial charge in [0, 0.05) is 24.6 Å². The Morgan fingerprint density at radius 1 is 1.22 bits per heavy atom. The first-order valence-corrected chi connectivity index (χ1v) is 5.66. The maximum atomic E-state index is 13.2. The van der Waals surface area contributed by atoms with Crippen LogP contribution in [0.15, 0.2) is 12.1 Å². The number of halogens is 4. The number of nitrogens with one attached hydrogen (secondary N) is 1. The summed E-state index contributed by atoms with van der Waals surface area (Å²) in [5.41, 5.74) is -0.811. The van der Waals surface area contributed by atoms with Crippen LogP contribution in [0.2, 0.25) is 0 Å². The van der Waals surface area contributed by atoms with E-state index in [9.17, 15) is 18.0 Å². The van der Waals surface area contributed by atoms with Gasteiger partial charge in [-0.15, -0.1) is 11.6 Å². The van der Waals surface area contributed by atoms with Gasteiger partial charge in [0.05, 0.1) is 13.2 Å². The highest BCUT2D eigenvalue weighted by atomic mass is 35.5. The van der Waals surface area contributed by atoms with Crippen molar-refractivity contribution in [2.45, 2.75) is 0 Å². The van der Waals surface area contributed by atoms with E-state index < -0.39 is 28.9 Å². The SMILES string of the molecule is O=C(NCCOCCCl)c1c(F)cc(F)cc1F. The van der Waals surface area contributed by atoms with Gasteiger partial charge in [-0.1, -0.05) is 0 Å². The molecule has 1 N–H and O–H groups in total. The summed E-state index contributed by atoms with van der Waals surface area (Å²) in [5.74, 6) is -4.21. The largest absolute Gasteiger partial charge is 0.378 e. The molecule has 0 aromatic heterocycles. The molecule has 0 saturated carbocycles. The number of carbonyl (C=O) groups excluding carboxylic acids is 1. The molecule has 0 radical (unpaired) electrons. The fourth-order valence-corrected chi connectivity index (χ4v) is 1.35. The zero-order chi connectivity index (χ0) is 13.5. The first-order chi connectivity index (χ1) is 8.56. The van der Waals surface area contributed by atoms with Gasteiger partial charge in [-0.25, -0.2) is 13.2 Å². The normalized spacial score (nSPS) is 10.4. The van der Waals surface area contributed by atoms with Crippen LogP contribution in [0.3, 0.4) is 0 Å². The van der Waals surface area contributed by atoms with Crippen molar-refractivity contribution in [2.75, 3.05) is 25.6 Å². The van der Waals surface area contributed by atoms with Gasteiger partial charge < -0.3 is 10.1 Å². The lowest BCUT2D eigenvalue weighted by Crippen LogP contribution is -2.29. The number of amides is 1. The number of hydrogen-bond acceptors (Lipinski definition) is 2. The fourth-order valence-electron chi connectivity index (χ4n) is 1.24. The van der Waals surface area contributed by atoms with Crippen molar-refractivity contribution in [3.05, 3.63) is 35.1 Å². The highest BCUT2D eigenvalue weighted by Crippen LogP contribution is 2.14. The van der Waals surface area contributed by atoms with Gasteiger partial charge in [0.15, 0.2) is 0 Å². The molecule has 0 spiro atoms. The number of rotatable bonds is 6. The van der Waals surface area contributed by atoms with Crippen molar-refractivity contribution in [1.82, 2.24) is 5.32 Å². The molecule has 0 saturated heterocycles. The lowest BCUT2D eigenvalue weighted by Gasteiger charge is -2.07. The number of carbonyl (C=O) groups is 1. The summed E-state index contributed by atoms with van der Waals surface area (Å²) in [7, 11) is 0. The first-order valence-electron chi connectivity index (χ1n) is 5.12. The second-order valence-electron chi connectivity index (χ2n) is 3.30. The average molecular weight is 282 g/mol. The molecule has 7 heteroatoms. The van der Waals surface area contributed by atoms with E-state index in [0.717, 1.165) is 0 Å². The number of alkyl halides is 1. The summed E-state index contributed by atoms with van der Waals surface area (Å²) in [5, 5.41) is 2.25. The number of hydrogen-bond donors (Lipinski definition) is 1. The van der Waals surface area contributed by atoms with E-state index in [1.165, 1.54) is 0 Å². The van der Waals surface area contributed by atoms with Crippen molar-refractivity contribution in [2.24, 2.45) is 0 Å². The molecule has 100 valence electrons. The van der Waals surface area contributed by atoms with Crippen molar-refractivity contribution < 1.29 is 22.7 Å². The van der Waals surface area contributed by atoms with E-state index in [4.69, 9.17) is 16.3 Å². The monoisotopic (exact) mass is 281 g/mol. The van der Waals surface area contributed by atoms with Gasteiger partial charge in [0.1, 0.15) is 23.0 Å². The second kappa shape index (κ2) is 7.23. The standard InChI is InChI=1S/C11H11ClF3NO2/c12-1-3-18-4-2-16-11(17)10-8(14)5-7(13)6-9(10)15/h5-6H,1-4H2,(H,16,17). The molecule has 0 bridgehead atoms. The lowest BCUT2D eigenvalue weighted by molar-refractivity contribution is 0.0915. The Bertz CT molecular complexity index is 406. The fraction of sp³-hybridized carbons (Fsp3) is 0.364. The summed E-state index contributed by atoms with van der Waals surface area (Å²) < 4.78 is 44.0. The minimum absolute atomic E-state index is 0.0754. The van der Waals surface area contributed by atoms with Gasteiger partial charge >= 0.3 is 0 Å². The van der Waals surface area contributed by atoms with Gasteiger partial charge in [0.25, 0.3) is 5.91 Å². The van der Waals surface area contributed by atoms with E-state index in [2.05, 4.69) is 5.32 Å². The minimum Gasteiger partial charge on any atom is -0.378 e. The molecule has 1 rings (SSSR count). The number of benzene rings is 1. The lowest BCUT2D eigenvalue weighted by atomic mass is 10.2. The molecule has 1 aromatic carbocycles. The van der Waals surface area contributed by atoms with Crippen LogP contribution in [0.5, 0.6) is 0 Å². The maximum Gasteiger partial charge on any atom is 0.257 e. The molecule has 0 aliphatic carbocycles. The van der Waals surface area contributed by atoms with Gasteiger partial charge in [-0.05, 0) is 0 Å². The molecular weight excluding hydrogens is 271 g/mol. The van der Waals surface area contributed by atoms with Gasteiger partial charge in [0.2, 0.25) is 0 Å². The summed E-state index contributed by atoms with van der Waals surface area (Å²) in [4.78, 5) is 11.4. The smallest absolute Gasteiger partial charge is 0.257 e. The molecule has 0 aliphatic rings. The zero-order valence-electron chi connectivity index (χ0n) is 9.31. The Morgan fingerprint density at radius 3 is 2.39 bits per heavy atom. The molecule has 1 aromatic rings. The Kier molecular flexibility index (Phi) is 5.94. The highest BCUT2D eigenvalue weighted by molar-refractivity contribution is 6.17. The van der Waals surface area contributed by atoms with Crippen LogP contribution in [-0.2, 0) is 4.74 Å². The Labute approximate surface area is 107 Å². The molecule has 3 nitrogen and oxygen atoms in total. The molecule has 0 fully saturated rings. The van der Waals surface area contributed by atoms with Crippen LogP contribution < -0.4 is 5.32 Å². The van der Waals surface area contributed by atoms with Crippen LogP contribution in [0.25, 0.3) is 0 Å². The number of ether oxygens (including phenoxy) is 1. The maximum absolute atomic E-state index is 13.2. The average Bonchev–Trinajstić information content (AvgIpc) is 2.27. The molecule has 18 heavy (non-hydrogen) atoms. The van der Waals surface area contributed by atoms with Crippen LogP contribution in [0, 0.1) is 17.5 Å². The highest BCUT2D eigenvalue weighted by Gasteiger charge is 2.18. The topological polar surface area (TPSA) is 38.3 Å². The van der Waals surface area contributed by atoms with Gasteiger partial charge in [-0.2, -0.15) is 0 Å². The van der Waals surface area contributed by atoms with Crippen molar-refractivity contribution in [3.8, 4) is 0 Å². The summed E-state index contributed by atoms with van der Waals surface area (Å²) in [6.07, 6.45) is 0. The first kappa shape index (κ1) is 14.8. The quantitative estimate of drug-likeness (QED) is 0.640. The van der Waals surface area contributed by atoms with Crippen molar-refractivity contribution in [1.29, 1.82) is 0 Å². The second-order valence-corrected chi connectivity index (χ2v) is 3.68. The van der Waals surface area contributed by atoms with Crippen molar-refractivity contribution >= 4 is 17.5 Å². The predicted octanol–water partition coefficient (Wildman–Crippen LogP) is 2.09. The third kappa shape index (κ3) is 4.19. The third-order valence-electron chi connectivity index (χ3n) is 1.99. The Morgan fingerprint density at radius 2 is 1.83 bits per heavy atom. The molecule has 0 aliphatic heterocycles. The predicted molar refractivity (Wildman–Crippen MR) is 60.2 cm³/mol. The Balaban J connectivity index is 2.57. The van der Waals surface area contributed by atoms with E-state index in [-0.39, 0.29) is 13.2 Å². The molecule has 0 atom stereocenters. The summed E-state index contributed by atoms with van der Waals surface area (Å²) >= 11 is 5.35. The minimum atomic E-state index is -1.24. The van der Waals surface area contributed by atoms with Crippen molar-refractivity contribution in [3.63, 3.8) is 0 Å². The molecule has 1 amide bonds. The van der Waals surface area contributed by atoms with E-state index >= 15 is 0 Å². The van der Waals surface area contributed by atoms with Gasteiger partial charge in [-0.3, -0.25) is 4.79 Å². The van der Waals surface area contributed by atoms with Crippen LogP contribution in [-0.4, -0.2) is 31.5 Å². The summed E-state index contributed by atoms with van der Waals surface area (Å²) in [6.45, 7) is 0.561. The summed E-state index contributed by atoms with van der Waals surface area (Å²) in [6, 6.07) is 0.893. The van der Waals surface area contributed by atoms with Crippen LogP contribution in [0.1, 0.15) is 10.4 Å². The molecule has 0 heterocycles. The van der Waals surface area contributed by atoms with E-state index in [1.807, 2.05) is 0 Å². The Hall–Kier alpha value is -1.27. The third-order valence-corrected chi connectivity index (χ3v) is 2.14.